The molecule has 0 saturated carbocycles. The van der Waals surface area contributed by atoms with Crippen molar-refractivity contribution in [3.63, 3.8) is 0 Å². The third kappa shape index (κ3) is 7.73. The number of amides is 2. The van der Waals surface area contributed by atoms with Crippen LogP contribution in [0.3, 0.4) is 0 Å². The molecule has 30 heavy (non-hydrogen) atoms. The summed E-state index contributed by atoms with van der Waals surface area (Å²) in [5.74, 6) is -2.31. The summed E-state index contributed by atoms with van der Waals surface area (Å²) in [6, 6.07) is 4.87. The van der Waals surface area contributed by atoms with Gasteiger partial charge in [-0.2, -0.15) is 0 Å². The van der Waals surface area contributed by atoms with Gasteiger partial charge in [0.15, 0.2) is 0 Å². The molecule has 0 aliphatic heterocycles. The number of guanidine groups is 1. The van der Waals surface area contributed by atoms with Crippen LogP contribution in [-0.4, -0.2) is 45.3 Å². The molecule has 0 fully saturated rings. The summed E-state index contributed by atoms with van der Waals surface area (Å²) >= 11 is 0. The van der Waals surface area contributed by atoms with Gasteiger partial charge in [-0.3, -0.25) is 20.8 Å². The topological polar surface area (TPSA) is 161 Å². The number of para-hydroxylation sites is 1. The SMILES string of the molecule is CC(C)(C)OC(=O)NC(=N)N(OC(=O)c1ccccc1[N+](=O)[O-])C(=O)OC(C)(C)C. The number of nitro groups is 1. The molecular formula is C18H24N4O8. The Morgan fingerprint density at radius 1 is 1.03 bits per heavy atom. The van der Waals surface area contributed by atoms with E-state index in [1.807, 2.05) is 5.32 Å². The Morgan fingerprint density at radius 3 is 2.07 bits per heavy atom. The van der Waals surface area contributed by atoms with Crippen LogP contribution in [0.1, 0.15) is 51.9 Å². The van der Waals surface area contributed by atoms with Gasteiger partial charge in [0.05, 0.1) is 4.92 Å². The van der Waals surface area contributed by atoms with Crippen LogP contribution in [0.4, 0.5) is 15.3 Å². The molecule has 164 valence electrons. The number of hydrogen-bond donors (Lipinski definition) is 2. The first kappa shape index (κ1) is 24.3. The number of hydrogen-bond acceptors (Lipinski definition) is 9. The van der Waals surface area contributed by atoms with E-state index in [0.717, 1.165) is 12.1 Å². The van der Waals surface area contributed by atoms with Gasteiger partial charge in [-0.1, -0.05) is 17.2 Å². The monoisotopic (exact) mass is 424 g/mol. The lowest BCUT2D eigenvalue weighted by Gasteiger charge is -2.26. The molecule has 1 rings (SSSR count). The van der Waals surface area contributed by atoms with Crippen LogP contribution < -0.4 is 5.32 Å². The van der Waals surface area contributed by atoms with Crippen LogP contribution in [0.2, 0.25) is 0 Å². The van der Waals surface area contributed by atoms with E-state index in [9.17, 15) is 24.5 Å². The molecule has 0 saturated heterocycles. The highest BCUT2D eigenvalue weighted by Gasteiger charge is 2.33. The zero-order valence-corrected chi connectivity index (χ0v) is 17.5. The van der Waals surface area contributed by atoms with Gasteiger partial charge >= 0.3 is 18.2 Å². The Bertz CT molecular complexity index is 854. The third-order valence-electron chi connectivity index (χ3n) is 2.88. The molecule has 0 atom stereocenters. The van der Waals surface area contributed by atoms with E-state index in [4.69, 9.17) is 19.7 Å². The second-order valence-electron chi connectivity index (χ2n) is 7.90. The Morgan fingerprint density at radius 2 is 1.57 bits per heavy atom. The number of carbonyl (C=O) groups excluding carboxylic acids is 3. The Hall–Kier alpha value is -3.70. The van der Waals surface area contributed by atoms with Gasteiger partial charge in [-0.05, 0) is 47.6 Å². The Kier molecular flexibility index (Phi) is 7.46. The van der Waals surface area contributed by atoms with Gasteiger partial charge in [0.25, 0.3) is 5.69 Å². The lowest BCUT2D eigenvalue weighted by Crippen LogP contribution is -2.50. The second-order valence-corrected chi connectivity index (χ2v) is 7.90. The van der Waals surface area contributed by atoms with Crippen molar-refractivity contribution in [1.29, 1.82) is 5.41 Å². The van der Waals surface area contributed by atoms with E-state index >= 15 is 0 Å². The van der Waals surface area contributed by atoms with Crippen LogP contribution in [-0.2, 0) is 14.3 Å². The van der Waals surface area contributed by atoms with Gasteiger partial charge in [-0.25, -0.2) is 14.4 Å². The molecule has 12 nitrogen and oxygen atoms in total. The van der Waals surface area contributed by atoms with E-state index in [1.54, 1.807) is 20.8 Å². The average Bonchev–Trinajstić information content (AvgIpc) is 2.55. The fourth-order valence-corrected chi connectivity index (χ4v) is 1.87. The van der Waals surface area contributed by atoms with Crippen LogP contribution in [0.15, 0.2) is 24.3 Å². The zero-order chi connectivity index (χ0) is 23.3. The first-order valence-corrected chi connectivity index (χ1v) is 8.68. The molecule has 0 bridgehead atoms. The minimum absolute atomic E-state index is 0.0637. The Labute approximate surface area is 172 Å². The zero-order valence-electron chi connectivity index (χ0n) is 17.5. The summed E-state index contributed by atoms with van der Waals surface area (Å²) in [6.45, 7) is 9.32. The summed E-state index contributed by atoms with van der Waals surface area (Å²) < 4.78 is 10.0. The normalized spacial score (nSPS) is 11.1. The maximum atomic E-state index is 12.5. The summed E-state index contributed by atoms with van der Waals surface area (Å²) in [7, 11) is 0. The maximum Gasteiger partial charge on any atom is 0.451 e. The van der Waals surface area contributed by atoms with Crippen LogP contribution in [0.25, 0.3) is 0 Å². The maximum absolute atomic E-state index is 12.5. The molecule has 0 aliphatic rings. The number of ether oxygens (including phenoxy) is 2. The number of alkyl carbamates (subject to hydrolysis) is 1. The van der Waals surface area contributed by atoms with Gasteiger partial charge in [0, 0.05) is 6.07 Å². The van der Waals surface area contributed by atoms with Crippen molar-refractivity contribution in [1.82, 2.24) is 10.4 Å². The molecule has 0 heterocycles. The molecule has 1 aromatic rings. The number of nitro benzene ring substituents is 1. The summed E-state index contributed by atoms with van der Waals surface area (Å²) in [5, 5.41) is 21.0. The van der Waals surface area contributed by atoms with Crippen molar-refractivity contribution in [2.45, 2.75) is 52.7 Å². The minimum Gasteiger partial charge on any atom is -0.444 e. The lowest BCUT2D eigenvalue weighted by molar-refractivity contribution is -0.385. The highest BCUT2D eigenvalue weighted by atomic mass is 16.8. The molecular weight excluding hydrogens is 400 g/mol. The van der Waals surface area contributed by atoms with Crippen molar-refractivity contribution in [3.05, 3.63) is 39.9 Å². The van der Waals surface area contributed by atoms with Crippen molar-refractivity contribution < 1.29 is 33.6 Å². The molecule has 2 N–H and O–H groups in total. The van der Waals surface area contributed by atoms with E-state index in [-0.39, 0.29) is 5.06 Å². The fraction of sp³-hybridized carbons (Fsp3) is 0.444. The predicted molar refractivity (Wildman–Crippen MR) is 104 cm³/mol. The van der Waals surface area contributed by atoms with Gasteiger partial charge in [0.1, 0.15) is 16.8 Å². The van der Waals surface area contributed by atoms with E-state index in [2.05, 4.69) is 0 Å². The van der Waals surface area contributed by atoms with Gasteiger partial charge < -0.3 is 14.3 Å². The number of carbonyl (C=O) groups is 3. The molecule has 0 unspecified atom stereocenters. The minimum atomic E-state index is -1.32. The summed E-state index contributed by atoms with van der Waals surface area (Å²) in [6.07, 6.45) is -2.40. The molecule has 0 aliphatic carbocycles. The summed E-state index contributed by atoms with van der Waals surface area (Å²) in [4.78, 5) is 51.9. The van der Waals surface area contributed by atoms with E-state index in [1.165, 1.54) is 32.9 Å². The third-order valence-corrected chi connectivity index (χ3v) is 2.88. The highest BCUT2D eigenvalue weighted by Crippen LogP contribution is 2.20. The van der Waals surface area contributed by atoms with Crippen molar-refractivity contribution in [3.8, 4) is 0 Å². The highest BCUT2D eigenvalue weighted by molar-refractivity contribution is 6.01. The largest absolute Gasteiger partial charge is 0.451 e. The van der Waals surface area contributed by atoms with Crippen LogP contribution >= 0.6 is 0 Å². The molecule has 2 amide bonds. The average molecular weight is 424 g/mol. The molecule has 1 aromatic carbocycles. The van der Waals surface area contributed by atoms with Gasteiger partial charge in [-0.15, -0.1) is 0 Å². The van der Waals surface area contributed by atoms with Crippen molar-refractivity contribution in [2.24, 2.45) is 0 Å². The molecule has 12 heteroatoms. The number of rotatable bonds is 2. The Balaban J connectivity index is 3.14. The second kappa shape index (κ2) is 9.20. The first-order valence-electron chi connectivity index (χ1n) is 8.68. The predicted octanol–water partition coefficient (Wildman–Crippen LogP) is 3.36. The van der Waals surface area contributed by atoms with Crippen molar-refractivity contribution in [2.75, 3.05) is 0 Å². The van der Waals surface area contributed by atoms with E-state index in [0.29, 0.717) is 0 Å². The van der Waals surface area contributed by atoms with Gasteiger partial charge in [0.2, 0.25) is 5.96 Å². The van der Waals surface area contributed by atoms with Crippen molar-refractivity contribution >= 4 is 29.8 Å². The number of nitrogens with one attached hydrogen (secondary N) is 2. The van der Waals surface area contributed by atoms with E-state index < -0.39 is 51.5 Å². The number of hydroxylamine groups is 2. The molecule has 0 radical (unpaired) electrons. The first-order chi connectivity index (χ1) is 13.6. The standard InChI is InChI=1S/C18H24N4O8/c1-17(2,3)28-15(24)20-14(19)21(16(25)29-18(4,5)6)30-13(23)11-9-7-8-10-12(11)22(26)27/h7-10H,1-6H3,(H2,19,20,24). The van der Waals surface area contributed by atoms with Crippen LogP contribution in [0.5, 0.6) is 0 Å². The lowest BCUT2D eigenvalue weighted by atomic mass is 10.2. The smallest absolute Gasteiger partial charge is 0.444 e. The fourth-order valence-electron chi connectivity index (χ4n) is 1.87. The molecule has 0 aromatic heterocycles. The number of nitrogens with zero attached hydrogens (tertiary/aromatic N) is 2. The van der Waals surface area contributed by atoms with Crippen LogP contribution in [0, 0.1) is 15.5 Å². The number of benzene rings is 1. The molecule has 0 spiro atoms. The quantitative estimate of drug-likeness (QED) is 0.316. The summed E-state index contributed by atoms with van der Waals surface area (Å²) in [5.41, 5.74) is -2.98.